The van der Waals surface area contributed by atoms with Gasteiger partial charge >= 0.3 is 6.03 Å². The van der Waals surface area contributed by atoms with Crippen LogP contribution in [0.5, 0.6) is 0 Å². The summed E-state index contributed by atoms with van der Waals surface area (Å²) in [5.41, 5.74) is 2.26. The van der Waals surface area contributed by atoms with Crippen LogP contribution in [0.3, 0.4) is 0 Å². The third-order valence-corrected chi connectivity index (χ3v) is 4.87. The Bertz CT molecular complexity index is 865. The number of hydrogen-bond acceptors (Lipinski definition) is 5. The molecule has 0 unspecified atom stereocenters. The highest BCUT2D eigenvalue weighted by atomic mass is 32.2. The number of benzene rings is 1. The molecule has 1 heterocycles. The van der Waals surface area contributed by atoms with Gasteiger partial charge in [-0.15, -0.1) is 0 Å². The third kappa shape index (κ3) is 3.39. The summed E-state index contributed by atoms with van der Waals surface area (Å²) < 4.78 is 22.7. The Morgan fingerprint density at radius 3 is 2.67 bits per heavy atom. The van der Waals surface area contributed by atoms with E-state index in [-0.39, 0.29) is 5.03 Å². The number of anilines is 1. The van der Waals surface area contributed by atoms with Crippen molar-refractivity contribution >= 4 is 21.6 Å². The Morgan fingerprint density at radius 2 is 2.00 bits per heavy atom. The van der Waals surface area contributed by atoms with Crippen molar-refractivity contribution in [2.75, 3.05) is 11.6 Å². The number of fused-ring (bicyclic) bond motifs is 1. The highest BCUT2D eigenvalue weighted by Gasteiger charge is 2.31. The van der Waals surface area contributed by atoms with E-state index in [1.165, 1.54) is 18.3 Å². The second-order valence-corrected chi connectivity index (χ2v) is 7.67. The van der Waals surface area contributed by atoms with Gasteiger partial charge in [-0.1, -0.05) is 24.3 Å². The molecule has 0 fully saturated rings. The minimum Gasteiger partial charge on any atom is -0.390 e. The zero-order chi connectivity index (χ0) is 17.3. The van der Waals surface area contributed by atoms with E-state index < -0.39 is 28.0 Å². The Balaban J connectivity index is 1.68. The van der Waals surface area contributed by atoms with E-state index in [1.807, 2.05) is 24.3 Å². The molecule has 1 aliphatic carbocycles. The van der Waals surface area contributed by atoms with Gasteiger partial charge < -0.3 is 15.7 Å². The number of aromatic nitrogens is 1. The number of hydrogen-bond donors (Lipinski definition) is 3. The van der Waals surface area contributed by atoms with Crippen molar-refractivity contribution in [1.29, 1.82) is 0 Å². The Kier molecular flexibility index (Phi) is 4.25. The van der Waals surface area contributed by atoms with E-state index in [0.717, 1.165) is 17.4 Å². The maximum absolute atomic E-state index is 12.1. The van der Waals surface area contributed by atoms with Crippen LogP contribution in [0.1, 0.15) is 17.2 Å². The molecule has 0 radical (unpaired) electrons. The van der Waals surface area contributed by atoms with Gasteiger partial charge in [-0.2, -0.15) is 0 Å². The molecule has 3 rings (SSSR count). The average molecular weight is 347 g/mol. The van der Waals surface area contributed by atoms with Crippen molar-refractivity contribution < 1.29 is 18.3 Å². The summed E-state index contributed by atoms with van der Waals surface area (Å²) in [6.45, 7) is 0. The zero-order valence-corrected chi connectivity index (χ0v) is 13.7. The Morgan fingerprint density at radius 1 is 1.25 bits per heavy atom. The lowest BCUT2D eigenvalue weighted by Crippen LogP contribution is -2.36. The van der Waals surface area contributed by atoms with Crippen LogP contribution in [0.15, 0.2) is 47.6 Å². The molecule has 7 nitrogen and oxygen atoms in total. The van der Waals surface area contributed by atoms with Crippen LogP contribution in [0.4, 0.5) is 10.5 Å². The second-order valence-electron chi connectivity index (χ2n) is 5.70. The zero-order valence-electron chi connectivity index (χ0n) is 12.9. The molecule has 0 spiro atoms. The SMILES string of the molecule is CS(=O)(=O)c1ccc(NC(=O)N[C@@H]2c3ccccc3C[C@@H]2O)cn1. The highest BCUT2D eigenvalue weighted by molar-refractivity contribution is 7.90. The van der Waals surface area contributed by atoms with Crippen molar-refractivity contribution in [3.05, 3.63) is 53.7 Å². The number of urea groups is 1. The van der Waals surface area contributed by atoms with Gasteiger partial charge in [0, 0.05) is 12.7 Å². The predicted octanol–water partition coefficient (Wildman–Crippen LogP) is 1.26. The van der Waals surface area contributed by atoms with E-state index in [9.17, 15) is 18.3 Å². The molecule has 0 aliphatic heterocycles. The number of nitrogens with one attached hydrogen (secondary N) is 2. The summed E-state index contributed by atoms with van der Waals surface area (Å²) in [6, 6.07) is 9.35. The maximum atomic E-state index is 12.1. The molecule has 2 atom stereocenters. The van der Waals surface area contributed by atoms with Gasteiger partial charge in [0.05, 0.1) is 24.0 Å². The number of amides is 2. The molecular formula is C16H17N3O4S. The van der Waals surface area contributed by atoms with E-state index in [1.54, 1.807) is 0 Å². The lowest BCUT2D eigenvalue weighted by Gasteiger charge is -2.18. The molecule has 3 N–H and O–H groups in total. The van der Waals surface area contributed by atoms with Crippen molar-refractivity contribution in [3.63, 3.8) is 0 Å². The fraction of sp³-hybridized carbons (Fsp3) is 0.250. The summed E-state index contributed by atoms with van der Waals surface area (Å²) in [7, 11) is -3.38. The van der Waals surface area contributed by atoms with Crippen LogP contribution < -0.4 is 10.6 Å². The lowest BCUT2D eigenvalue weighted by molar-refractivity contribution is 0.144. The van der Waals surface area contributed by atoms with Gasteiger partial charge in [-0.05, 0) is 23.3 Å². The van der Waals surface area contributed by atoms with Gasteiger partial charge in [0.25, 0.3) is 0 Å². The first-order valence-electron chi connectivity index (χ1n) is 7.34. The number of carbonyl (C=O) groups excluding carboxylic acids is 1. The first-order chi connectivity index (χ1) is 11.3. The first-order valence-corrected chi connectivity index (χ1v) is 9.23. The van der Waals surface area contributed by atoms with E-state index in [0.29, 0.717) is 12.1 Å². The van der Waals surface area contributed by atoms with Crippen molar-refractivity contribution in [3.8, 4) is 0 Å². The minimum absolute atomic E-state index is 0.0615. The Hall–Kier alpha value is -2.45. The van der Waals surface area contributed by atoms with Crippen molar-refractivity contribution in [1.82, 2.24) is 10.3 Å². The van der Waals surface area contributed by atoms with Crippen molar-refractivity contribution in [2.45, 2.75) is 23.6 Å². The molecule has 1 aromatic heterocycles. The van der Waals surface area contributed by atoms with Crippen molar-refractivity contribution in [2.24, 2.45) is 0 Å². The van der Waals surface area contributed by atoms with Gasteiger partial charge in [0.2, 0.25) is 0 Å². The maximum Gasteiger partial charge on any atom is 0.319 e. The van der Waals surface area contributed by atoms with Crippen LogP contribution in [0.2, 0.25) is 0 Å². The predicted molar refractivity (Wildman–Crippen MR) is 88.4 cm³/mol. The van der Waals surface area contributed by atoms with Crippen LogP contribution in [-0.2, 0) is 16.3 Å². The number of aliphatic hydroxyl groups excluding tert-OH is 1. The largest absolute Gasteiger partial charge is 0.390 e. The minimum atomic E-state index is -3.38. The number of pyridine rings is 1. The van der Waals surface area contributed by atoms with Gasteiger partial charge in [-0.25, -0.2) is 18.2 Å². The molecule has 8 heteroatoms. The molecule has 1 aromatic carbocycles. The molecule has 24 heavy (non-hydrogen) atoms. The average Bonchev–Trinajstić information content (AvgIpc) is 2.83. The topological polar surface area (TPSA) is 108 Å². The molecule has 2 amide bonds. The van der Waals surface area contributed by atoms with Crippen LogP contribution in [0.25, 0.3) is 0 Å². The molecule has 1 aliphatic rings. The van der Waals surface area contributed by atoms with Crippen LogP contribution in [0, 0.1) is 0 Å². The van der Waals surface area contributed by atoms with E-state index in [2.05, 4.69) is 15.6 Å². The summed E-state index contributed by atoms with van der Waals surface area (Å²) in [5, 5.41) is 15.4. The molecule has 126 valence electrons. The summed E-state index contributed by atoms with van der Waals surface area (Å²) in [4.78, 5) is 15.9. The number of nitrogens with zero attached hydrogens (tertiary/aromatic N) is 1. The monoisotopic (exact) mass is 347 g/mol. The number of carbonyl (C=O) groups is 1. The third-order valence-electron chi connectivity index (χ3n) is 3.86. The first kappa shape index (κ1) is 16.4. The summed E-state index contributed by atoms with van der Waals surface area (Å²) in [6.07, 6.45) is 2.15. The lowest BCUT2D eigenvalue weighted by atomic mass is 10.1. The van der Waals surface area contributed by atoms with Gasteiger partial charge in [0.15, 0.2) is 14.9 Å². The fourth-order valence-electron chi connectivity index (χ4n) is 2.73. The van der Waals surface area contributed by atoms with E-state index in [4.69, 9.17) is 0 Å². The molecular weight excluding hydrogens is 330 g/mol. The highest BCUT2D eigenvalue weighted by Crippen LogP contribution is 2.31. The van der Waals surface area contributed by atoms with Gasteiger partial charge in [0.1, 0.15) is 0 Å². The Labute approximate surface area is 139 Å². The van der Waals surface area contributed by atoms with E-state index >= 15 is 0 Å². The number of aliphatic hydroxyl groups is 1. The summed E-state index contributed by atoms with van der Waals surface area (Å²) >= 11 is 0. The molecule has 0 saturated carbocycles. The normalized spacial score (nSPS) is 19.6. The quantitative estimate of drug-likeness (QED) is 0.775. The summed E-state index contributed by atoms with van der Waals surface area (Å²) in [5.74, 6) is 0. The van der Waals surface area contributed by atoms with Crippen LogP contribution in [-0.4, -0.2) is 36.9 Å². The van der Waals surface area contributed by atoms with Crippen LogP contribution >= 0.6 is 0 Å². The molecule has 0 saturated heterocycles. The number of rotatable bonds is 3. The van der Waals surface area contributed by atoms with Gasteiger partial charge in [-0.3, -0.25) is 0 Å². The number of sulfone groups is 1. The fourth-order valence-corrected chi connectivity index (χ4v) is 3.29. The molecule has 0 bridgehead atoms. The standard InChI is InChI=1S/C16H17N3O4S/c1-24(22,23)14-7-6-11(9-17-14)18-16(21)19-15-12-5-3-2-4-10(12)8-13(15)20/h2-7,9,13,15,20H,8H2,1H3,(H2,18,19,21)/t13-,15+/m0/s1. The smallest absolute Gasteiger partial charge is 0.319 e. The second kappa shape index (κ2) is 6.21. The molecule has 2 aromatic rings.